The monoisotopic (exact) mass is 341 g/mol. The van der Waals surface area contributed by atoms with Gasteiger partial charge in [-0.2, -0.15) is 0 Å². The summed E-state index contributed by atoms with van der Waals surface area (Å²) in [4.78, 5) is 36.2. The van der Waals surface area contributed by atoms with Gasteiger partial charge in [-0.15, -0.1) is 0 Å². The van der Waals surface area contributed by atoms with Crippen molar-refractivity contribution in [2.75, 3.05) is 6.54 Å². The predicted octanol–water partition coefficient (Wildman–Crippen LogP) is 2.23. The molecular formula is C14H19N3O5S. The molecule has 0 bridgehead atoms. The van der Waals surface area contributed by atoms with Crippen molar-refractivity contribution in [3.8, 4) is 0 Å². The Kier molecular flexibility index (Phi) is 8.03. The lowest BCUT2D eigenvalue weighted by molar-refractivity contribution is -0.385. The number of hydrogen-bond acceptors (Lipinski definition) is 6. The minimum Gasteiger partial charge on any atom is -0.481 e. The number of nitrogens with zero attached hydrogens (tertiary/aromatic N) is 2. The number of thioether (sulfide) groups is 1. The van der Waals surface area contributed by atoms with E-state index in [4.69, 9.17) is 5.11 Å². The molecule has 1 heterocycles. The van der Waals surface area contributed by atoms with Crippen molar-refractivity contribution in [1.29, 1.82) is 0 Å². The quantitative estimate of drug-likeness (QED) is 0.289. The van der Waals surface area contributed by atoms with Crippen molar-refractivity contribution in [2.45, 2.75) is 42.9 Å². The van der Waals surface area contributed by atoms with Crippen LogP contribution in [0.4, 0.5) is 5.69 Å². The highest BCUT2D eigenvalue weighted by Gasteiger charge is 2.15. The third-order valence-corrected chi connectivity index (χ3v) is 4.02. The van der Waals surface area contributed by atoms with E-state index in [1.807, 2.05) is 0 Å². The van der Waals surface area contributed by atoms with Crippen molar-refractivity contribution >= 4 is 29.3 Å². The van der Waals surface area contributed by atoms with Gasteiger partial charge in [0.05, 0.1) is 15.2 Å². The van der Waals surface area contributed by atoms with Gasteiger partial charge in [-0.25, -0.2) is 4.98 Å². The zero-order valence-electron chi connectivity index (χ0n) is 12.7. The van der Waals surface area contributed by atoms with Gasteiger partial charge in [0.1, 0.15) is 6.20 Å². The molecule has 1 atom stereocenters. The number of aliphatic carboxylic acids is 1. The standard InChI is InChI=1S/C14H19N3O5S/c1-10(14(20)15-8-4-2-3-5-13(18)19)23-12-7-6-11(9-16-12)17(21)22/h6-7,9-10H,2-5,8H2,1H3,(H,15,20)(H,18,19). The van der Waals surface area contributed by atoms with Gasteiger partial charge in [0, 0.05) is 19.0 Å². The number of amides is 1. The molecule has 0 aliphatic carbocycles. The van der Waals surface area contributed by atoms with Crippen LogP contribution in [-0.2, 0) is 9.59 Å². The largest absolute Gasteiger partial charge is 0.481 e. The minimum absolute atomic E-state index is 0.0900. The number of unbranched alkanes of at least 4 members (excludes halogenated alkanes) is 2. The van der Waals surface area contributed by atoms with Gasteiger partial charge in [0.2, 0.25) is 5.91 Å². The zero-order chi connectivity index (χ0) is 17.2. The summed E-state index contributed by atoms with van der Waals surface area (Å²) in [7, 11) is 0. The molecule has 1 amide bonds. The number of carboxylic acids is 1. The van der Waals surface area contributed by atoms with Crippen LogP contribution in [-0.4, -0.2) is 38.7 Å². The molecule has 1 aromatic heterocycles. The average Bonchev–Trinajstić information content (AvgIpc) is 2.50. The van der Waals surface area contributed by atoms with Crippen LogP contribution in [0.15, 0.2) is 23.4 Å². The van der Waals surface area contributed by atoms with E-state index < -0.39 is 10.9 Å². The van der Waals surface area contributed by atoms with E-state index in [2.05, 4.69) is 10.3 Å². The van der Waals surface area contributed by atoms with Crippen LogP contribution < -0.4 is 5.32 Å². The molecule has 0 spiro atoms. The summed E-state index contributed by atoms with van der Waals surface area (Å²) in [5, 5.41) is 22.0. The molecule has 0 aliphatic rings. The number of carbonyl (C=O) groups excluding carboxylic acids is 1. The molecule has 0 fully saturated rings. The Morgan fingerprint density at radius 2 is 2.13 bits per heavy atom. The molecule has 1 aromatic rings. The van der Waals surface area contributed by atoms with E-state index in [-0.39, 0.29) is 23.3 Å². The first kappa shape index (κ1) is 18.9. The van der Waals surface area contributed by atoms with Gasteiger partial charge in [0.25, 0.3) is 5.69 Å². The second-order valence-electron chi connectivity index (χ2n) is 4.87. The fourth-order valence-electron chi connectivity index (χ4n) is 1.72. The van der Waals surface area contributed by atoms with Crippen LogP contribution in [0.5, 0.6) is 0 Å². The zero-order valence-corrected chi connectivity index (χ0v) is 13.5. The Labute approximate surface area is 137 Å². The highest BCUT2D eigenvalue weighted by Crippen LogP contribution is 2.22. The normalized spacial score (nSPS) is 11.7. The smallest absolute Gasteiger partial charge is 0.303 e. The maximum absolute atomic E-state index is 11.9. The molecule has 2 N–H and O–H groups in total. The highest BCUT2D eigenvalue weighted by atomic mass is 32.2. The van der Waals surface area contributed by atoms with Crippen LogP contribution in [0.3, 0.4) is 0 Å². The number of rotatable bonds is 10. The number of carbonyl (C=O) groups is 2. The predicted molar refractivity (Wildman–Crippen MR) is 85.3 cm³/mol. The van der Waals surface area contributed by atoms with Gasteiger partial charge >= 0.3 is 5.97 Å². The fraction of sp³-hybridized carbons (Fsp3) is 0.500. The SMILES string of the molecule is CC(Sc1ccc([N+](=O)[O-])cn1)C(=O)NCCCCCC(=O)O. The Morgan fingerprint density at radius 3 is 2.70 bits per heavy atom. The third kappa shape index (κ3) is 7.59. The summed E-state index contributed by atoms with van der Waals surface area (Å²) in [5.41, 5.74) is -0.0900. The third-order valence-electron chi connectivity index (χ3n) is 2.96. The maximum atomic E-state index is 11.9. The van der Waals surface area contributed by atoms with Crippen molar-refractivity contribution in [2.24, 2.45) is 0 Å². The van der Waals surface area contributed by atoms with E-state index >= 15 is 0 Å². The Hall–Kier alpha value is -2.16. The van der Waals surface area contributed by atoms with Gasteiger partial charge < -0.3 is 10.4 Å². The van der Waals surface area contributed by atoms with Crippen LogP contribution in [0.2, 0.25) is 0 Å². The molecule has 0 aromatic carbocycles. The molecule has 23 heavy (non-hydrogen) atoms. The summed E-state index contributed by atoms with van der Waals surface area (Å²) < 4.78 is 0. The van der Waals surface area contributed by atoms with Gasteiger partial charge in [-0.05, 0) is 25.8 Å². The summed E-state index contributed by atoms with van der Waals surface area (Å²) in [6.45, 7) is 2.23. The Bertz CT molecular complexity index is 550. The van der Waals surface area contributed by atoms with E-state index in [9.17, 15) is 19.7 Å². The fourth-order valence-corrected chi connectivity index (χ4v) is 2.53. The Morgan fingerprint density at radius 1 is 1.39 bits per heavy atom. The molecule has 1 rings (SSSR count). The second-order valence-corrected chi connectivity index (χ2v) is 6.23. The lowest BCUT2D eigenvalue weighted by Crippen LogP contribution is -2.31. The first-order chi connectivity index (χ1) is 10.9. The van der Waals surface area contributed by atoms with Crippen molar-refractivity contribution in [3.63, 3.8) is 0 Å². The molecule has 0 radical (unpaired) electrons. The van der Waals surface area contributed by atoms with E-state index in [0.717, 1.165) is 19.0 Å². The van der Waals surface area contributed by atoms with Crippen LogP contribution in [0, 0.1) is 10.1 Å². The number of carboxylic acid groups (broad SMARTS) is 1. The summed E-state index contributed by atoms with van der Waals surface area (Å²) >= 11 is 1.22. The number of hydrogen-bond donors (Lipinski definition) is 2. The molecule has 0 aliphatic heterocycles. The van der Waals surface area contributed by atoms with Gasteiger partial charge in [0.15, 0.2) is 0 Å². The maximum Gasteiger partial charge on any atom is 0.303 e. The van der Waals surface area contributed by atoms with E-state index in [0.29, 0.717) is 18.0 Å². The van der Waals surface area contributed by atoms with E-state index in [1.165, 1.54) is 23.9 Å². The number of aromatic nitrogens is 1. The number of pyridine rings is 1. The van der Waals surface area contributed by atoms with Crippen LogP contribution in [0.25, 0.3) is 0 Å². The molecule has 1 unspecified atom stereocenters. The van der Waals surface area contributed by atoms with Gasteiger partial charge in [-0.3, -0.25) is 19.7 Å². The number of nitro groups is 1. The second kappa shape index (κ2) is 9.78. The molecule has 0 saturated heterocycles. The lowest BCUT2D eigenvalue weighted by atomic mass is 10.2. The average molecular weight is 341 g/mol. The molecule has 126 valence electrons. The minimum atomic E-state index is -0.811. The topological polar surface area (TPSA) is 122 Å². The first-order valence-electron chi connectivity index (χ1n) is 7.16. The highest BCUT2D eigenvalue weighted by molar-refractivity contribution is 8.00. The molecule has 0 saturated carbocycles. The molecule has 8 nitrogen and oxygen atoms in total. The first-order valence-corrected chi connectivity index (χ1v) is 8.04. The van der Waals surface area contributed by atoms with Gasteiger partial charge in [-0.1, -0.05) is 18.2 Å². The molecular weight excluding hydrogens is 322 g/mol. The Balaban J connectivity index is 2.28. The number of nitrogens with one attached hydrogen (secondary N) is 1. The van der Waals surface area contributed by atoms with E-state index in [1.54, 1.807) is 6.92 Å². The van der Waals surface area contributed by atoms with Crippen LogP contribution in [0.1, 0.15) is 32.6 Å². The van der Waals surface area contributed by atoms with Crippen molar-refractivity contribution in [3.05, 3.63) is 28.4 Å². The lowest BCUT2D eigenvalue weighted by Gasteiger charge is -2.11. The van der Waals surface area contributed by atoms with Crippen molar-refractivity contribution < 1.29 is 19.6 Å². The molecule has 9 heteroatoms. The van der Waals surface area contributed by atoms with Crippen LogP contribution >= 0.6 is 11.8 Å². The summed E-state index contributed by atoms with van der Waals surface area (Å²) in [5.74, 6) is -0.956. The summed E-state index contributed by atoms with van der Waals surface area (Å²) in [6.07, 6.45) is 3.38. The van der Waals surface area contributed by atoms with Crippen molar-refractivity contribution in [1.82, 2.24) is 10.3 Å². The summed E-state index contributed by atoms with van der Waals surface area (Å²) in [6, 6.07) is 2.86.